The smallest absolute Gasteiger partial charge is 0.264 e. The summed E-state index contributed by atoms with van der Waals surface area (Å²) in [4.78, 5) is 28.5. The molecule has 1 N–H and O–H groups in total. The molecule has 9 heteroatoms. The molecule has 212 valence electrons. The van der Waals surface area contributed by atoms with Crippen molar-refractivity contribution >= 4 is 27.5 Å². The molecule has 0 bridgehead atoms. The first-order chi connectivity index (χ1) is 19.2. The molecule has 1 aliphatic carbocycles. The number of halogens is 1. The number of sulfonamides is 1. The molecule has 1 aliphatic rings. The second-order valence-corrected chi connectivity index (χ2v) is 12.0. The van der Waals surface area contributed by atoms with Gasteiger partial charge in [-0.2, -0.15) is 0 Å². The third kappa shape index (κ3) is 6.88. The maximum absolute atomic E-state index is 14.7. The number of rotatable bonds is 11. The van der Waals surface area contributed by atoms with Crippen LogP contribution in [-0.4, -0.2) is 43.8 Å². The molecule has 2 amide bonds. The molecular formula is C31H36FN3O4S. The van der Waals surface area contributed by atoms with Gasteiger partial charge in [-0.05, 0) is 62.1 Å². The van der Waals surface area contributed by atoms with Crippen LogP contribution in [0.15, 0.2) is 83.8 Å². The van der Waals surface area contributed by atoms with E-state index in [0.29, 0.717) is 5.69 Å². The predicted octanol–water partition coefficient (Wildman–Crippen LogP) is 5.06. The molecular weight excluding hydrogens is 529 g/mol. The van der Waals surface area contributed by atoms with Crippen molar-refractivity contribution in [3.63, 3.8) is 0 Å². The number of hydrogen-bond donors (Lipinski definition) is 1. The molecule has 1 atom stereocenters. The van der Waals surface area contributed by atoms with E-state index in [4.69, 9.17) is 0 Å². The van der Waals surface area contributed by atoms with Crippen LogP contribution in [0.1, 0.15) is 50.7 Å². The zero-order valence-electron chi connectivity index (χ0n) is 22.9. The van der Waals surface area contributed by atoms with Gasteiger partial charge in [0, 0.05) is 18.2 Å². The number of carbonyl (C=O) groups is 2. The summed E-state index contributed by atoms with van der Waals surface area (Å²) in [7, 11) is -4.14. The minimum absolute atomic E-state index is 0.0346. The van der Waals surface area contributed by atoms with E-state index < -0.39 is 34.3 Å². The van der Waals surface area contributed by atoms with Gasteiger partial charge in [0.25, 0.3) is 10.0 Å². The quantitative estimate of drug-likeness (QED) is 0.352. The Labute approximate surface area is 236 Å². The van der Waals surface area contributed by atoms with Crippen molar-refractivity contribution in [2.75, 3.05) is 10.8 Å². The summed E-state index contributed by atoms with van der Waals surface area (Å²) < 4.78 is 43.3. The van der Waals surface area contributed by atoms with Gasteiger partial charge in [0.2, 0.25) is 11.8 Å². The van der Waals surface area contributed by atoms with Gasteiger partial charge in [0.1, 0.15) is 18.4 Å². The van der Waals surface area contributed by atoms with Crippen LogP contribution < -0.4 is 9.62 Å². The van der Waals surface area contributed by atoms with Crippen LogP contribution in [0.3, 0.4) is 0 Å². The van der Waals surface area contributed by atoms with Crippen LogP contribution in [-0.2, 0) is 32.6 Å². The first-order valence-electron chi connectivity index (χ1n) is 13.7. The van der Waals surface area contributed by atoms with E-state index in [1.54, 1.807) is 55.5 Å². The van der Waals surface area contributed by atoms with Crippen LogP contribution in [0.25, 0.3) is 0 Å². The summed E-state index contributed by atoms with van der Waals surface area (Å²) in [6.07, 6.45) is 4.57. The summed E-state index contributed by atoms with van der Waals surface area (Å²) in [6.45, 7) is 2.85. The number of carbonyl (C=O) groups excluding carboxylic acids is 2. The summed E-state index contributed by atoms with van der Waals surface area (Å²) in [5, 5.41) is 3.01. The molecule has 0 aromatic heterocycles. The Morgan fingerprint density at radius 2 is 1.57 bits per heavy atom. The van der Waals surface area contributed by atoms with E-state index in [0.717, 1.165) is 42.0 Å². The second kappa shape index (κ2) is 13.1. The third-order valence-corrected chi connectivity index (χ3v) is 9.20. The maximum atomic E-state index is 14.7. The zero-order chi connectivity index (χ0) is 28.7. The van der Waals surface area contributed by atoms with Crippen LogP contribution in [0, 0.1) is 5.82 Å². The molecule has 3 aromatic rings. The Bertz CT molecular complexity index is 1410. The molecule has 40 heavy (non-hydrogen) atoms. The number of amides is 2. The van der Waals surface area contributed by atoms with Crippen molar-refractivity contribution in [1.29, 1.82) is 0 Å². The average molecular weight is 566 g/mol. The fourth-order valence-electron chi connectivity index (χ4n) is 4.93. The van der Waals surface area contributed by atoms with E-state index in [-0.39, 0.29) is 29.0 Å². The standard InChI is InChI=1S/C31H36FN3O4S/c1-3-24-17-19-27(20-18-24)35(40(38,39)28-14-5-4-6-15-28)22-30(36)34(21-25-11-7-10-16-29(25)32)23(2)31(37)33-26-12-8-9-13-26/h4-7,10-11,14-20,23,26H,3,8-9,12-13,21-22H2,1-2H3,(H,33,37). The molecule has 0 spiro atoms. The molecule has 0 aliphatic heterocycles. The third-order valence-electron chi connectivity index (χ3n) is 7.41. The molecule has 1 unspecified atom stereocenters. The molecule has 7 nitrogen and oxygen atoms in total. The predicted molar refractivity (Wildman–Crippen MR) is 154 cm³/mol. The van der Waals surface area contributed by atoms with E-state index in [1.165, 1.54) is 23.1 Å². The Morgan fingerprint density at radius 1 is 0.950 bits per heavy atom. The van der Waals surface area contributed by atoms with E-state index >= 15 is 0 Å². The Hall–Kier alpha value is -3.72. The fourth-order valence-corrected chi connectivity index (χ4v) is 6.37. The minimum Gasteiger partial charge on any atom is -0.352 e. The molecule has 1 saturated carbocycles. The Kier molecular flexibility index (Phi) is 9.58. The number of aryl methyl sites for hydroxylation is 1. The zero-order valence-corrected chi connectivity index (χ0v) is 23.7. The topological polar surface area (TPSA) is 86.8 Å². The van der Waals surface area contributed by atoms with Crippen LogP contribution in [0.4, 0.5) is 10.1 Å². The van der Waals surface area contributed by atoms with Crippen molar-refractivity contribution in [2.24, 2.45) is 0 Å². The fraction of sp³-hybridized carbons (Fsp3) is 0.355. The summed E-state index contributed by atoms with van der Waals surface area (Å²) in [6, 6.07) is 20.0. The largest absolute Gasteiger partial charge is 0.352 e. The molecule has 0 heterocycles. The Balaban J connectivity index is 1.68. The van der Waals surface area contributed by atoms with Gasteiger partial charge in [-0.1, -0.05) is 68.3 Å². The Morgan fingerprint density at radius 3 is 2.20 bits per heavy atom. The van der Waals surface area contributed by atoms with Crippen molar-refractivity contribution in [2.45, 2.75) is 69.5 Å². The van der Waals surface area contributed by atoms with E-state index in [9.17, 15) is 22.4 Å². The van der Waals surface area contributed by atoms with E-state index in [2.05, 4.69) is 5.32 Å². The molecule has 4 rings (SSSR count). The van der Waals surface area contributed by atoms with Gasteiger partial charge in [0.15, 0.2) is 0 Å². The lowest BCUT2D eigenvalue weighted by Crippen LogP contribution is -2.52. The first kappa shape index (κ1) is 29.3. The van der Waals surface area contributed by atoms with Gasteiger partial charge < -0.3 is 10.2 Å². The highest BCUT2D eigenvalue weighted by Crippen LogP contribution is 2.25. The number of hydrogen-bond acceptors (Lipinski definition) is 4. The van der Waals surface area contributed by atoms with Crippen molar-refractivity contribution in [1.82, 2.24) is 10.2 Å². The lowest BCUT2D eigenvalue weighted by molar-refractivity contribution is -0.139. The van der Waals surface area contributed by atoms with Gasteiger partial charge in [-0.15, -0.1) is 0 Å². The van der Waals surface area contributed by atoms with Gasteiger partial charge in [0.05, 0.1) is 10.6 Å². The molecule has 0 saturated heterocycles. The minimum atomic E-state index is -4.14. The van der Waals surface area contributed by atoms with Gasteiger partial charge >= 0.3 is 0 Å². The lowest BCUT2D eigenvalue weighted by Gasteiger charge is -2.32. The highest BCUT2D eigenvalue weighted by Gasteiger charge is 2.33. The first-order valence-corrected chi connectivity index (χ1v) is 15.1. The van der Waals surface area contributed by atoms with Crippen molar-refractivity contribution in [3.05, 3.63) is 95.8 Å². The molecule has 1 fully saturated rings. The van der Waals surface area contributed by atoms with Gasteiger partial charge in [-0.3, -0.25) is 13.9 Å². The number of benzene rings is 3. The summed E-state index contributed by atoms with van der Waals surface area (Å²) in [5.41, 5.74) is 1.58. The van der Waals surface area contributed by atoms with Crippen molar-refractivity contribution in [3.8, 4) is 0 Å². The SMILES string of the molecule is CCc1ccc(N(CC(=O)N(Cc2ccccc2F)C(C)C(=O)NC2CCCC2)S(=O)(=O)c2ccccc2)cc1. The monoisotopic (exact) mass is 565 g/mol. The van der Waals surface area contributed by atoms with Crippen LogP contribution in [0.5, 0.6) is 0 Å². The molecule has 0 radical (unpaired) electrons. The second-order valence-electron chi connectivity index (χ2n) is 10.1. The molecule has 3 aromatic carbocycles. The maximum Gasteiger partial charge on any atom is 0.264 e. The summed E-state index contributed by atoms with van der Waals surface area (Å²) >= 11 is 0. The highest BCUT2D eigenvalue weighted by molar-refractivity contribution is 7.92. The van der Waals surface area contributed by atoms with Crippen molar-refractivity contribution < 1.29 is 22.4 Å². The average Bonchev–Trinajstić information content (AvgIpc) is 3.48. The van der Waals surface area contributed by atoms with Crippen LogP contribution in [0.2, 0.25) is 0 Å². The normalized spacial score (nSPS) is 14.5. The lowest BCUT2D eigenvalue weighted by atomic mass is 10.1. The number of anilines is 1. The number of nitrogens with zero attached hydrogens (tertiary/aromatic N) is 2. The summed E-state index contributed by atoms with van der Waals surface area (Å²) in [5.74, 6) is -1.47. The van der Waals surface area contributed by atoms with E-state index in [1.807, 2.05) is 19.1 Å². The number of nitrogens with one attached hydrogen (secondary N) is 1. The van der Waals surface area contributed by atoms with Gasteiger partial charge in [-0.25, -0.2) is 12.8 Å². The highest BCUT2D eigenvalue weighted by atomic mass is 32.2. The van der Waals surface area contributed by atoms with Crippen LogP contribution >= 0.6 is 0 Å².